The molecule has 96 valence electrons. The molecule has 0 radical (unpaired) electrons. The highest BCUT2D eigenvalue weighted by molar-refractivity contribution is 5.33. The minimum Gasteiger partial charge on any atom is -0.345 e. The number of anilines is 1. The van der Waals surface area contributed by atoms with Crippen LogP contribution in [0.3, 0.4) is 0 Å². The molecule has 0 aliphatic rings. The molecule has 0 fully saturated rings. The highest BCUT2D eigenvalue weighted by Gasteiger charge is 2.20. The van der Waals surface area contributed by atoms with Gasteiger partial charge in [-0.15, -0.1) is 6.58 Å². The van der Waals surface area contributed by atoms with Crippen molar-refractivity contribution in [1.29, 1.82) is 0 Å². The van der Waals surface area contributed by atoms with Gasteiger partial charge in [-0.2, -0.15) is 0 Å². The Balaban J connectivity index is 2.87. The first kappa shape index (κ1) is 13.8. The van der Waals surface area contributed by atoms with E-state index in [1.54, 1.807) is 0 Å². The minimum atomic E-state index is 0.0909. The van der Waals surface area contributed by atoms with Crippen molar-refractivity contribution in [3.63, 3.8) is 0 Å². The average Bonchev–Trinajstić information content (AvgIpc) is 2.60. The Morgan fingerprint density at radius 3 is 2.76 bits per heavy atom. The maximum absolute atomic E-state index is 5.76. The number of hydrogen-bond donors (Lipinski definition) is 1. The van der Waals surface area contributed by atoms with E-state index in [1.165, 1.54) is 0 Å². The number of hydrogen-bond acceptors (Lipinski definition) is 3. The zero-order chi connectivity index (χ0) is 13.1. The second-order valence-corrected chi connectivity index (χ2v) is 5.35. The van der Waals surface area contributed by atoms with Crippen molar-refractivity contribution < 1.29 is 0 Å². The van der Waals surface area contributed by atoms with Crippen LogP contribution in [0.5, 0.6) is 0 Å². The Morgan fingerprint density at radius 2 is 2.24 bits per heavy atom. The zero-order valence-corrected chi connectivity index (χ0v) is 11.4. The van der Waals surface area contributed by atoms with Gasteiger partial charge in [0.25, 0.3) is 0 Å². The van der Waals surface area contributed by atoms with Crippen molar-refractivity contribution in [2.45, 2.75) is 27.3 Å². The first-order valence-electron chi connectivity index (χ1n) is 5.95. The summed E-state index contributed by atoms with van der Waals surface area (Å²) in [5, 5.41) is 0. The smallest absolute Gasteiger partial charge is 0.205 e. The number of rotatable bonds is 6. The number of nitrogens with two attached hydrogens (primary N) is 1. The van der Waals surface area contributed by atoms with Crippen LogP contribution < -0.4 is 10.6 Å². The Bertz CT molecular complexity index is 379. The van der Waals surface area contributed by atoms with E-state index in [1.807, 2.05) is 19.2 Å². The summed E-state index contributed by atoms with van der Waals surface area (Å²) in [7, 11) is 2.05. The highest BCUT2D eigenvalue weighted by atomic mass is 15.3. The summed E-state index contributed by atoms with van der Waals surface area (Å²) in [4.78, 5) is 6.70. The molecule has 0 aliphatic heterocycles. The van der Waals surface area contributed by atoms with Gasteiger partial charge in [0, 0.05) is 26.3 Å². The molecular formula is C13H24N4. The van der Waals surface area contributed by atoms with Gasteiger partial charge in [-0.05, 0) is 18.9 Å². The largest absolute Gasteiger partial charge is 0.345 e. The SMILES string of the molecule is C=CCn1cc(C)nc1N(C)CC(C)(C)CN. The number of aromatic nitrogens is 2. The van der Waals surface area contributed by atoms with Gasteiger partial charge in [0.1, 0.15) is 0 Å². The topological polar surface area (TPSA) is 47.1 Å². The number of nitrogens with zero attached hydrogens (tertiary/aromatic N) is 3. The number of allylic oxidation sites excluding steroid dienone is 1. The van der Waals surface area contributed by atoms with Gasteiger partial charge in [0.2, 0.25) is 5.95 Å². The lowest BCUT2D eigenvalue weighted by Crippen LogP contribution is -2.37. The van der Waals surface area contributed by atoms with E-state index in [2.05, 4.69) is 41.9 Å². The van der Waals surface area contributed by atoms with E-state index in [-0.39, 0.29) is 5.41 Å². The minimum absolute atomic E-state index is 0.0909. The summed E-state index contributed by atoms with van der Waals surface area (Å²) in [6.07, 6.45) is 3.93. The van der Waals surface area contributed by atoms with E-state index in [4.69, 9.17) is 5.73 Å². The zero-order valence-electron chi connectivity index (χ0n) is 11.4. The average molecular weight is 236 g/mol. The molecule has 0 unspecified atom stereocenters. The molecule has 0 saturated carbocycles. The molecule has 0 atom stereocenters. The van der Waals surface area contributed by atoms with E-state index < -0.39 is 0 Å². The third-order valence-electron chi connectivity index (χ3n) is 2.76. The number of imidazole rings is 1. The van der Waals surface area contributed by atoms with Crippen LogP contribution >= 0.6 is 0 Å². The van der Waals surface area contributed by atoms with Crippen molar-refractivity contribution >= 4 is 5.95 Å². The normalized spacial score (nSPS) is 11.6. The summed E-state index contributed by atoms with van der Waals surface area (Å²) in [5.41, 5.74) is 6.88. The molecule has 0 saturated heterocycles. The van der Waals surface area contributed by atoms with E-state index in [9.17, 15) is 0 Å². The van der Waals surface area contributed by atoms with Crippen LogP contribution in [-0.2, 0) is 6.54 Å². The molecule has 1 aromatic rings. The molecule has 17 heavy (non-hydrogen) atoms. The Morgan fingerprint density at radius 1 is 1.59 bits per heavy atom. The molecule has 0 spiro atoms. The summed E-state index contributed by atoms with van der Waals surface area (Å²) < 4.78 is 2.11. The van der Waals surface area contributed by atoms with Gasteiger partial charge in [0.15, 0.2) is 0 Å². The first-order chi connectivity index (χ1) is 7.89. The second kappa shape index (κ2) is 5.36. The fourth-order valence-corrected chi connectivity index (χ4v) is 1.89. The van der Waals surface area contributed by atoms with Crippen molar-refractivity contribution in [3.8, 4) is 0 Å². The van der Waals surface area contributed by atoms with Crippen molar-refractivity contribution in [3.05, 3.63) is 24.5 Å². The lowest BCUT2D eigenvalue weighted by molar-refractivity contribution is 0.382. The van der Waals surface area contributed by atoms with Crippen LogP contribution in [0.25, 0.3) is 0 Å². The molecule has 4 nitrogen and oxygen atoms in total. The fraction of sp³-hybridized carbons (Fsp3) is 0.615. The molecule has 2 N–H and O–H groups in total. The predicted octanol–water partition coefficient (Wildman–Crippen LogP) is 1.80. The van der Waals surface area contributed by atoms with E-state index in [0.717, 1.165) is 24.7 Å². The lowest BCUT2D eigenvalue weighted by atomic mass is 9.93. The van der Waals surface area contributed by atoms with Crippen molar-refractivity contribution in [2.24, 2.45) is 11.1 Å². The predicted molar refractivity (Wildman–Crippen MR) is 73.3 cm³/mol. The standard InChI is InChI=1S/C13H24N4/c1-6-7-17-8-11(2)15-12(17)16(5)10-13(3,4)9-14/h6,8H,1,7,9-10,14H2,2-5H3. The number of aryl methyl sites for hydroxylation is 1. The van der Waals surface area contributed by atoms with Crippen molar-refractivity contribution in [2.75, 3.05) is 25.0 Å². The third kappa shape index (κ3) is 3.60. The van der Waals surface area contributed by atoms with Crippen LogP contribution in [-0.4, -0.2) is 29.7 Å². The molecule has 1 rings (SSSR count). The van der Waals surface area contributed by atoms with Gasteiger partial charge in [-0.3, -0.25) is 0 Å². The summed E-state index contributed by atoms with van der Waals surface area (Å²) in [6.45, 7) is 12.4. The quantitative estimate of drug-likeness (QED) is 0.766. The monoisotopic (exact) mass is 236 g/mol. The first-order valence-corrected chi connectivity index (χ1v) is 5.95. The maximum Gasteiger partial charge on any atom is 0.205 e. The maximum atomic E-state index is 5.76. The van der Waals surface area contributed by atoms with Gasteiger partial charge < -0.3 is 15.2 Å². The van der Waals surface area contributed by atoms with Gasteiger partial charge in [-0.1, -0.05) is 19.9 Å². The summed E-state index contributed by atoms with van der Waals surface area (Å²) in [5.74, 6) is 0.976. The van der Waals surface area contributed by atoms with Crippen LogP contribution in [0, 0.1) is 12.3 Å². The molecule has 0 bridgehead atoms. The highest BCUT2D eigenvalue weighted by Crippen LogP contribution is 2.19. The van der Waals surface area contributed by atoms with E-state index in [0.29, 0.717) is 6.54 Å². The second-order valence-electron chi connectivity index (χ2n) is 5.35. The molecular weight excluding hydrogens is 212 g/mol. The van der Waals surface area contributed by atoms with Gasteiger partial charge in [0.05, 0.1) is 5.69 Å². The molecule has 0 aliphatic carbocycles. The third-order valence-corrected chi connectivity index (χ3v) is 2.76. The summed E-state index contributed by atoms with van der Waals surface area (Å²) >= 11 is 0. The molecule has 1 aromatic heterocycles. The Labute approximate surface area is 104 Å². The lowest BCUT2D eigenvalue weighted by Gasteiger charge is -2.29. The molecule has 0 amide bonds. The fourth-order valence-electron chi connectivity index (χ4n) is 1.89. The molecule has 1 heterocycles. The summed E-state index contributed by atoms with van der Waals surface area (Å²) in [6, 6.07) is 0. The van der Waals surface area contributed by atoms with Gasteiger partial charge in [-0.25, -0.2) is 4.98 Å². The van der Waals surface area contributed by atoms with Crippen LogP contribution in [0.1, 0.15) is 19.5 Å². The van der Waals surface area contributed by atoms with Crippen LogP contribution in [0.4, 0.5) is 5.95 Å². The molecule has 0 aromatic carbocycles. The van der Waals surface area contributed by atoms with Crippen molar-refractivity contribution in [1.82, 2.24) is 9.55 Å². The van der Waals surface area contributed by atoms with E-state index >= 15 is 0 Å². The van der Waals surface area contributed by atoms with Crippen LogP contribution in [0.15, 0.2) is 18.9 Å². The van der Waals surface area contributed by atoms with Crippen LogP contribution in [0.2, 0.25) is 0 Å². The van der Waals surface area contributed by atoms with Gasteiger partial charge >= 0.3 is 0 Å². The Kier molecular flexibility index (Phi) is 4.34. The Hall–Kier alpha value is -1.29. The molecule has 4 heteroatoms.